The van der Waals surface area contributed by atoms with Crippen molar-refractivity contribution >= 4 is 50.1 Å². The maximum atomic E-state index is 13.2. The maximum absolute atomic E-state index is 13.2. The number of carbonyl (C=O) groups excluding carboxylic acids is 1. The molecule has 1 aliphatic heterocycles. The second-order valence-corrected chi connectivity index (χ2v) is 11.5. The summed E-state index contributed by atoms with van der Waals surface area (Å²) in [6.07, 6.45) is 1.61. The zero-order chi connectivity index (χ0) is 26.9. The largest absolute Gasteiger partial charge is 0.379 e. The Morgan fingerprint density at radius 1 is 1.18 bits per heavy atom. The molecule has 0 bridgehead atoms. The number of nitrogens with one attached hydrogen (secondary N) is 1. The molecule has 0 atom stereocenters. The molecule has 0 unspecified atom stereocenters. The molecule has 198 valence electrons. The molecule has 1 saturated heterocycles. The molecule has 11 nitrogen and oxygen atoms in total. The first kappa shape index (κ1) is 26.1. The van der Waals surface area contributed by atoms with Crippen LogP contribution < -0.4 is 10.9 Å². The van der Waals surface area contributed by atoms with Gasteiger partial charge in [0.15, 0.2) is 5.16 Å². The lowest BCUT2D eigenvalue weighted by atomic mass is 10.2. The zero-order valence-electron chi connectivity index (χ0n) is 20.7. The molecule has 1 N–H and O–H groups in total. The SMILES string of the molecule is C=CCn1c(=O)c2ccccc2n2c(SCC(=O)Nc3ccc(C)c(S(=O)(=O)N4CCOCC4)c3)nnc12. The Morgan fingerprint density at radius 3 is 2.71 bits per heavy atom. The van der Waals surface area contributed by atoms with E-state index in [0.29, 0.717) is 46.3 Å². The first-order chi connectivity index (χ1) is 18.3. The topological polar surface area (TPSA) is 128 Å². The molecule has 1 fully saturated rings. The summed E-state index contributed by atoms with van der Waals surface area (Å²) in [5, 5.41) is 12.2. The van der Waals surface area contributed by atoms with E-state index in [9.17, 15) is 18.0 Å². The summed E-state index contributed by atoms with van der Waals surface area (Å²) in [6, 6.07) is 12.0. The van der Waals surface area contributed by atoms with Gasteiger partial charge in [-0.05, 0) is 36.8 Å². The lowest BCUT2D eigenvalue weighted by molar-refractivity contribution is -0.113. The predicted octanol–water partition coefficient (Wildman–Crippen LogP) is 2.29. The van der Waals surface area contributed by atoms with E-state index in [-0.39, 0.29) is 41.7 Å². The number of sulfonamides is 1. The highest BCUT2D eigenvalue weighted by molar-refractivity contribution is 7.99. The van der Waals surface area contributed by atoms with Gasteiger partial charge in [-0.2, -0.15) is 4.31 Å². The molecule has 38 heavy (non-hydrogen) atoms. The van der Waals surface area contributed by atoms with Gasteiger partial charge >= 0.3 is 0 Å². The van der Waals surface area contributed by atoms with Crippen LogP contribution in [0.3, 0.4) is 0 Å². The fourth-order valence-corrected chi connectivity index (χ4v) is 6.73. The van der Waals surface area contributed by atoms with E-state index in [1.165, 1.54) is 14.9 Å². The zero-order valence-corrected chi connectivity index (χ0v) is 22.3. The Labute approximate surface area is 223 Å². The second-order valence-electron chi connectivity index (χ2n) is 8.67. The van der Waals surface area contributed by atoms with E-state index in [1.807, 2.05) is 6.07 Å². The van der Waals surface area contributed by atoms with Gasteiger partial charge in [-0.25, -0.2) is 8.42 Å². The van der Waals surface area contributed by atoms with Crippen LogP contribution >= 0.6 is 11.8 Å². The minimum absolute atomic E-state index is 0.00483. The van der Waals surface area contributed by atoms with E-state index in [1.54, 1.807) is 47.7 Å². The number of morpholine rings is 1. The van der Waals surface area contributed by atoms with E-state index in [2.05, 4.69) is 22.1 Å². The quantitative estimate of drug-likeness (QED) is 0.260. The van der Waals surface area contributed by atoms with Gasteiger partial charge in [0.25, 0.3) is 5.56 Å². The van der Waals surface area contributed by atoms with E-state index >= 15 is 0 Å². The molecule has 2 aromatic carbocycles. The lowest BCUT2D eigenvalue weighted by Gasteiger charge is -2.26. The average Bonchev–Trinajstić information content (AvgIpc) is 3.35. The van der Waals surface area contributed by atoms with Crippen molar-refractivity contribution in [2.45, 2.75) is 23.5 Å². The highest BCUT2D eigenvalue weighted by Crippen LogP contribution is 2.25. The molecular weight excluding hydrogens is 528 g/mol. The molecule has 5 rings (SSSR count). The van der Waals surface area contributed by atoms with Crippen molar-refractivity contribution in [2.24, 2.45) is 0 Å². The summed E-state index contributed by atoms with van der Waals surface area (Å²) >= 11 is 1.16. The van der Waals surface area contributed by atoms with Crippen molar-refractivity contribution in [1.82, 2.24) is 23.5 Å². The molecule has 0 saturated carbocycles. The van der Waals surface area contributed by atoms with Gasteiger partial charge in [0.05, 0.1) is 34.8 Å². The number of para-hydroxylation sites is 1. The van der Waals surface area contributed by atoms with Gasteiger partial charge in [0, 0.05) is 25.3 Å². The van der Waals surface area contributed by atoms with Crippen LogP contribution in [-0.4, -0.2) is 69.9 Å². The summed E-state index contributed by atoms with van der Waals surface area (Å²) in [5.41, 5.74) is 1.41. The van der Waals surface area contributed by atoms with Crippen LogP contribution in [-0.2, 0) is 26.1 Å². The Bertz CT molecular complexity index is 1710. The maximum Gasteiger partial charge on any atom is 0.263 e. The number of allylic oxidation sites excluding steroid dienone is 1. The number of hydrogen-bond acceptors (Lipinski definition) is 8. The van der Waals surface area contributed by atoms with Gasteiger partial charge in [-0.1, -0.05) is 36.0 Å². The van der Waals surface area contributed by atoms with E-state index in [4.69, 9.17) is 4.74 Å². The number of anilines is 1. The van der Waals surface area contributed by atoms with Crippen LogP contribution in [0.4, 0.5) is 5.69 Å². The number of rotatable bonds is 8. The highest BCUT2D eigenvalue weighted by Gasteiger charge is 2.28. The number of thioether (sulfide) groups is 1. The minimum atomic E-state index is -3.72. The highest BCUT2D eigenvalue weighted by atomic mass is 32.2. The van der Waals surface area contributed by atoms with Crippen molar-refractivity contribution in [3.8, 4) is 0 Å². The number of carbonyl (C=O) groups is 1. The fraction of sp³-hybridized carbons (Fsp3) is 0.280. The van der Waals surface area contributed by atoms with Gasteiger partial charge in [0.2, 0.25) is 21.7 Å². The van der Waals surface area contributed by atoms with Gasteiger partial charge in [-0.3, -0.25) is 18.6 Å². The van der Waals surface area contributed by atoms with Gasteiger partial charge < -0.3 is 10.1 Å². The minimum Gasteiger partial charge on any atom is -0.379 e. The summed E-state index contributed by atoms with van der Waals surface area (Å²) in [6.45, 7) is 6.98. The Kier molecular flexibility index (Phi) is 7.34. The Hall–Kier alpha value is -3.52. The number of benzene rings is 2. The molecule has 0 spiro atoms. The van der Waals surface area contributed by atoms with Crippen molar-refractivity contribution in [2.75, 3.05) is 37.4 Å². The third kappa shape index (κ3) is 4.85. The second kappa shape index (κ2) is 10.7. The van der Waals surface area contributed by atoms with E-state index in [0.717, 1.165) is 11.8 Å². The molecular formula is C25H26N6O5S2. The van der Waals surface area contributed by atoms with Crippen LogP contribution in [0.25, 0.3) is 16.7 Å². The smallest absolute Gasteiger partial charge is 0.263 e. The standard InChI is InChI=1S/C25H26N6O5S2/c1-3-10-30-23(33)19-6-4-5-7-20(19)31-24(30)27-28-25(31)37-16-22(32)26-18-9-8-17(2)21(15-18)38(34,35)29-11-13-36-14-12-29/h3-9,15H,1,10-14,16H2,2H3,(H,26,32). The van der Waals surface area contributed by atoms with Crippen molar-refractivity contribution < 1.29 is 17.9 Å². The van der Waals surface area contributed by atoms with Crippen LogP contribution in [0.5, 0.6) is 0 Å². The Morgan fingerprint density at radius 2 is 1.95 bits per heavy atom. The molecule has 2 aromatic heterocycles. The molecule has 0 radical (unpaired) electrons. The number of nitrogens with zero attached hydrogens (tertiary/aromatic N) is 5. The predicted molar refractivity (Wildman–Crippen MR) is 145 cm³/mol. The van der Waals surface area contributed by atoms with E-state index < -0.39 is 10.0 Å². The number of hydrogen-bond donors (Lipinski definition) is 1. The monoisotopic (exact) mass is 554 g/mol. The number of aryl methyl sites for hydroxylation is 1. The summed E-state index contributed by atoms with van der Waals surface area (Å²) in [7, 11) is -3.72. The van der Waals surface area contributed by atoms with Crippen LogP contribution in [0, 0.1) is 6.92 Å². The van der Waals surface area contributed by atoms with Crippen molar-refractivity contribution in [1.29, 1.82) is 0 Å². The number of fused-ring (bicyclic) bond motifs is 3. The van der Waals surface area contributed by atoms with Crippen molar-refractivity contribution in [3.05, 3.63) is 71.0 Å². The average molecular weight is 555 g/mol. The van der Waals surface area contributed by atoms with Crippen LogP contribution in [0.1, 0.15) is 5.56 Å². The first-order valence-electron chi connectivity index (χ1n) is 11.9. The molecule has 1 amide bonds. The molecule has 1 aliphatic rings. The number of ether oxygens (including phenoxy) is 1. The first-order valence-corrected chi connectivity index (χ1v) is 14.3. The summed E-state index contributed by atoms with van der Waals surface area (Å²) < 4.78 is 36.2. The molecule has 4 aromatic rings. The van der Waals surface area contributed by atoms with Gasteiger partial charge in [0.1, 0.15) is 0 Å². The fourth-order valence-electron chi connectivity index (χ4n) is 4.33. The van der Waals surface area contributed by atoms with Crippen LogP contribution in [0.15, 0.2) is 70.0 Å². The molecule has 3 heterocycles. The van der Waals surface area contributed by atoms with Crippen LogP contribution in [0.2, 0.25) is 0 Å². The third-order valence-electron chi connectivity index (χ3n) is 6.18. The summed E-state index contributed by atoms with van der Waals surface area (Å²) in [4.78, 5) is 25.9. The van der Waals surface area contributed by atoms with Gasteiger partial charge in [-0.15, -0.1) is 16.8 Å². The Balaban J connectivity index is 1.37. The number of aromatic nitrogens is 4. The molecule has 0 aliphatic carbocycles. The summed E-state index contributed by atoms with van der Waals surface area (Å²) in [5.74, 6) is 0.0110. The van der Waals surface area contributed by atoms with Crippen molar-refractivity contribution in [3.63, 3.8) is 0 Å². The lowest BCUT2D eigenvalue weighted by Crippen LogP contribution is -2.40. The third-order valence-corrected chi connectivity index (χ3v) is 9.15. The normalized spacial score (nSPS) is 14.7. The molecule has 13 heteroatoms. The number of amides is 1.